The van der Waals surface area contributed by atoms with Gasteiger partial charge >= 0.3 is 5.97 Å². The maximum atomic E-state index is 11.5. The van der Waals surface area contributed by atoms with Gasteiger partial charge in [-0.25, -0.2) is 4.79 Å². The summed E-state index contributed by atoms with van der Waals surface area (Å²) in [5.74, 6) is -0.342. The number of nitrogens with one attached hydrogen (secondary N) is 1. The fourth-order valence-electron chi connectivity index (χ4n) is 2.27. The van der Waals surface area contributed by atoms with Crippen LogP contribution in [0.5, 0.6) is 0 Å². The number of aromatic amines is 1. The molecule has 2 aromatic carbocycles. The van der Waals surface area contributed by atoms with E-state index in [1.807, 2.05) is 36.5 Å². The van der Waals surface area contributed by atoms with Crippen LogP contribution >= 0.6 is 11.6 Å². The van der Waals surface area contributed by atoms with Gasteiger partial charge in [-0.2, -0.15) is 0 Å². The first kappa shape index (κ1) is 12.8. The van der Waals surface area contributed by atoms with Crippen molar-refractivity contribution in [3.05, 3.63) is 59.2 Å². The largest absolute Gasteiger partial charge is 0.465 e. The molecule has 0 amide bonds. The van der Waals surface area contributed by atoms with E-state index in [1.54, 1.807) is 12.1 Å². The lowest BCUT2D eigenvalue weighted by molar-refractivity contribution is 0.0601. The average Bonchev–Trinajstić information content (AvgIpc) is 2.89. The first-order valence-corrected chi connectivity index (χ1v) is 6.52. The topological polar surface area (TPSA) is 42.1 Å². The minimum absolute atomic E-state index is 0.342. The van der Waals surface area contributed by atoms with Crippen LogP contribution < -0.4 is 0 Å². The third-order valence-corrected chi connectivity index (χ3v) is 3.47. The number of benzene rings is 2. The van der Waals surface area contributed by atoms with Crippen molar-refractivity contribution in [3.63, 3.8) is 0 Å². The molecule has 0 fully saturated rings. The summed E-state index contributed by atoms with van der Waals surface area (Å²) in [6.45, 7) is 0. The van der Waals surface area contributed by atoms with E-state index >= 15 is 0 Å². The average molecular weight is 286 g/mol. The Balaban J connectivity index is 2.13. The second-order valence-electron chi connectivity index (χ2n) is 4.46. The van der Waals surface area contributed by atoms with Crippen molar-refractivity contribution in [2.24, 2.45) is 0 Å². The normalized spacial score (nSPS) is 10.7. The maximum Gasteiger partial charge on any atom is 0.337 e. The van der Waals surface area contributed by atoms with E-state index in [4.69, 9.17) is 16.3 Å². The molecule has 0 aliphatic carbocycles. The lowest BCUT2D eigenvalue weighted by atomic mass is 10.0. The highest BCUT2D eigenvalue weighted by Crippen LogP contribution is 2.30. The predicted molar refractivity (Wildman–Crippen MR) is 80.1 cm³/mol. The van der Waals surface area contributed by atoms with Gasteiger partial charge in [-0.1, -0.05) is 29.8 Å². The van der Waals surface area contributed by atoms with E-state index in [-0.39, 0.29) is 5.97 Å². The van der Waals surface area contributed by atoms with Crippen LogP contribution in [0, 0.1) is 0 Å². The zero-order valence-corrected chi connectivity index (χ0v) is 11.6. The Bertz CT molecular complexity index is 792. The lowest BCUT2D eigenvalue weighted by Crippen LogP contribution is -2.00. The minimum atomic E-state index is -0.342. The van der Waals surface area contributed by atoms with Gasteiger partial charge in [0.1, 0.15) is 0 Å². The highest BCUT2D eigenvalue weighted by atomic mass is 35.5. The summed E-state index contributed by atoms with van der Waals surface area (Å²) in [5.41, 5.74) is 3.51. The SMILES string of the molecule is COC(=O)c1ccc2c(-c3cccc(Cl)c3)c[nH]c2c1. The number of carbonyl (C=O) groups excluding carboxylic acids is 1. The quantitative estimate of drug-likeness (QED) is 0.714. The first-order valence-electron chi connectivity index (χ1n) is 6.14. The van der Waals surface area contributed by atoms with Gasteiger partial charge in [0.15, 0.2) is 0 Å². The molecular formula is C16H12ClNO2. The Labute approximate surface area is 121 Å². The molecule has 3 rings (SSSR count). The second-order valence-corrected chi connectivity index (χ2v) is 4.90. The van der Waals surface area contributed by atoms with Gasteiger partial charge in [-0.05, 0) is 29.8 Å². The molecule has 0 atom stereocenters. The van der Waals surface area contributed by atoms with Gasteiger partial charge in [-0.15, -0.1) is 0 Å². The maximum absolute atomic E-state index is 11.5. The third-order valence-electron chi connectivity index (χ3n) is 3.24. The van der Waals surface area contributed by atoms with Gasteiger partial charge in [0, 0.05) is 27.7 Å². The summed E-state index contributed by atoms with van der Waals surface area (Å²) in [6, 6.07) is 13.1. The highest BCUT2D eigenvalue weighted by molar-refractivity contribution is 6.30. The molecule has 100 valence electrons. The van der Waals surface area contributed by atoms with Crippen molar-refractivity contribution in [2.45, 2.75) is 0 Å². The van der Waals surface area contributed by atoms with Crippen LogP contribution in [0.1, 0.15) is 10.4 Å². The lowest BCUT2D eigenvalue weighted by Gasteiger charge is -2.02. The van der Waals surface area contributed by atoms with Crippen molar-refractivity contribution in [2.75, 3.05) is 7.11 Å². The monoisotopic (exact) mass is 285 g/mol. The van der Waals surface area contributed by atoms with Gasteiger partial charge < -0.3 is 9.72 Å². The van der Waals surface area contributed by atoms with Crippen LogP contribution in [-0.2, 0) is 4.74 Å². The van der Waals surface area contributed by atoms with E-state index in [1.165, 1.54) is 7.11 Å². The summed E-state index contributed by atoms with van der Waals surface area (Å²) in [5, 5.41) is 1.74. The van der Waals surface area contributed by atoms with Crippen LogP contribution in [0.3, 0.4) is 0 Å². The number of rotatable bonds is 2. The van der Waals surface area contributed by atoms with Gasteiger partial charge in [0.25, 0.3) is 0 Å². The Hall–Kier alpha value is -2.26. The summed E-state index contributed by atoms with van der Waals surface area (Å²) in [7, 11) is 1.37. The fourth-order valence-corrected chi connectivity index (χ4v) is 2.46. The standard InChI is InChI=1S/C16H12ClNO2/c1-20-16(19)11-5-6-13-14(9-18-15(13)8-11)10-3-2-4-12(17)7-10/h2-9,18H,1H3. The number of hydrogen-bond acceptors (Lipinski definition) is 2. The molecule has 4 heteroatoms. The van der Waals surface area contributed by atoms with Crippen LogP contribution in [0.4, 0.5) is 0 Å². The van der Waals surface area contributed by atoms with Crippen LogP contribution in [0.25, 0.3) is 22.0 Å². The molecule has 0 aliphatic rings. The number of fused-ring (bicyclic) bond motifs is 1. The van der Waals surface area contributed by atoms with Crippen molar-refractivity contribution in [3.8, 4) is 11.1 Å². The molecule has 0 aliphatic heterocycles. The van der Waals surface area contributed by atoms with Crippen LogP contribution in [0.15, 0.2) is 48.7 Å². The molecule has 1 heterocycles. The van der Waals surface area contributed by atoms with Crippen molar-refractivity contribution in [1.82, 2.24) is 4.98 Å². The van der Waals surface area contributed by atoms with E-state index < -0.39 is 0 Å². The number of aromatic nitrogens is 1. The van der Waals surface area contributed by atoms with E-state index in [0.717, 1.165) is 22.0 Å². The third kappa shape index (κ3) is 2.17. The minimum Gasteiger partial charge on any atom is -0.465 e. The van der Waals surface area contributed by atoms with E-state index in [2.05, 4.69) is 4.98 Å². The molecule has 1 aromatic heterocycles. The van der Waals surface area contributed by atoms with E-state index in [0.29, 0.717) is 10.6 Å². The number of ether oxygens (including phenoxy) is 1. The zero-order valence-electron chi connectivity index (χ0n) is 10.8. The molecule has 0 spiro atoms. The fraction of sp³-hybridized carbons (Fsp3) is 0.0625. The molecule has 3 aromatic rings. The highest BCUT2D eigenvalue weighted by Gasteiger charge is 2.10. The molecule has 0 saturated heterocycles. The summed E-state index contributed by atoms with van der Waals surface area (Å²) in [4.78, 5) is 14.7. The number of H-pyrrole nitrogens is 1. The van der Waals surface area contributed by atoms with E-state index in [9.17, 15) is 4.79 Å². The molecule has 0 radical (unpaired) electrons. The second kappa shape index (κ2) is 5.02. The zero-order chi connectivity index (χ0) is 14.1. The summed E-state index contributed by atoms with van der Waals surface area (Å²) >= 11 is 6.03. The molecule has 0 unspecified atom stereocenters. The number of halogens is 1. The van der Waals surface area contributed by atoms with Crippen LogP contribution in [-0.4, -0.2) is 18.1 Å². The first-order chi connectivity index (χ1) is 9.69. The number of esters is 1. The van der Waals surface area contributed by atoms with Gasteiger partial charge in [-0.3, -0.25) is 0 Å². The molecule has 0 saturated carbocycles. The molecule has 1 N–H and O–H groups in total. The van der Waals surface area contributed by atoms with Crippen LogP contribution in [0.2, 0.25) is 5.02 Å². The number of hydrogen-bond donors (Lipinski definition) is 1. The summed E-state index contributed by atoms with van der Waals surface area (Å²) in [6.07, 6.45) is 1.91. The number of methoxy groups -OCH3 is 1. The smallest absolute Gasteiger partial charge is 0.337 e. The predicted octanol–water partition coefficient (Wildman–Crippen LogP) is 4.27. The number of carbonyl (C=O) groups is 1. The van der Waals surface area contributed by atoms with Crippen molar-refractivity contribution in [1.29, 1.82) is 0 Å². The molecule has 3 nitrogen and oxygen atoms in total. The molecule has 0 bridgehead atoms. The van der Waals surface area contributed by atoms with Gasteiger partial charge in [0.05, 0.1) is 12.7 Å². The molecule has 20 heavy (non-hydrogen) atoms. The van der Waals surface area contributed by atoms with Gasteiger partial charge in [0.2, 0.25) is 0 Å². The Kier molecular flexibility index (Phi) is 3.20. The Morgan fingerprint density at radius 2 is 2.05 bits per heavy atom. The molecular weight excluding hydrogens is 274 g/mol. The van der Waals surface area contributed by atoms with Crippen molar-refractivity contribution < 1.29 is 9.53 Å². The Morgan fingerprint density at radius 3 is 2.80 bits per heavy atom. The Morgan fingerprint density at radius 1 is 1.20 bits per heavy atom. The summed E-state index contributed by atoms with van der Waals surface area (Å²) < 4.78 is 4.72. The van der Waals surface area contributed by atoms with Crippen molar-refractivity contribution >= 4 is 28.5 Å².